The highest BCUT2D eigenvalue weighted by molar-refractivity contribution is 9.10. The van der Waals surface area contributed by atoms with Crippen molar-refractivity contribution in [2.45, 2.75) is 38.4 Å². The van der Waals surface area contributed by atoms with Crippen molar-refractivity contribution in [3.63, 3.8) is 0 Å². The van der Waals surface area contributed by atoms with Crippen molar-refractivity contribution in [1.29, 1.82) is 0 Å². The van der Waals surface area contributed by atoms with Gasteiger partial charge in [0, 0.05) is 25.3 Å². The molecule has 0 bridgehead atoms. The number of hydrogen-bond acceptors (Lipinski definition) is 3. The van der Waals surface area contributed by atoms with Crippen LogP contribution in [0.1, 0.15) is 20.3 Å². The van der Waals surface area contributed by atoms with E-state index in [0.717, 1.165) is 29.8 Å². The third kappa shape index (κ3) is 2.26. The summed E-state index contributed by atoms with van der Waals surface area (Å²) in [5, 5.41) is 3.11. The Balaban J connectivity index is 1.78. The van der Waals surface area contributed by atoms with Gasteiger partial charge < -0.3 is 15.1 Å². The summed E-state index contributed by atoms with van der Waals surface area (Å²) in [6.45, 7) is 5.89. The average Bonchev–Trinajstić information content (AvgIpc) is 2.74. The van der Waals surface area contributed by atoms with E-state index in [1.54, 1.807) is 6.20 Å². The number of piperidine rings is 1. The SMILES string of the molecule is CC(C)N1C(=O)N[C@@H]2CN(c3ncccc3Br)CC[C@@H]21. The maximum Gasteiger partial charge on any atom is 0.318 e. The predicted molar refractivity (Wildman–Crippen MR) is 81.8 cm³/mol. The number of hydrogen-bond donors (Lipinski definition) is 1. The van der Waals surface area contributed by atoms with E-state index in [1.807, 2.05) is 17.0 Å². The van der Waals surface area contributed by atoms with Gasteiger partial charge in [0.1, 0.15) is 5.82 Å². The van der Waals surface area contributed by atoms with Gasteiger partial charge in [0.15, 0.2) is 0 Å². The second kappa shape index (κ2) is 5.24. The maximum absolute atomic E-state index is 12.1. The van der Waals surface area contributed by atoms with Gasteiger partial charge in [0.2, 0.25) is 0 Å². The van der Waals surface area contributed by atoms with Crippen molar-refractivity contribution in [2.75, 3.05) is 18.0 Å². The summed E-state index contributed by atoms with van der Waals surface area (Å²) >= 11 is 3.55. The molecule has 6 heteroatoms. The molecule has 0 aromatic carbocycles. The Bertz CT molecular complexity index is 522. The first-order valence-electron chi connectivity index (χ1n) is 7.02. The Labute approximate surface area is 127 Å². The van der Waals surface area contributed by atoms with Crippen LogP contribution in [-0.4, -0.2) is 47.1 Å². The molecule has 2 amide bonds. The summed E-state index contributed by atoms with van der Waals surface area (Å²) in [6, 6.07) is 4.73. The first-order valence-corrected chi connectivity index (χ1v) is 7.81. The van der Waals surface area contributed by atoms with Crippen LogP contribution in [0.15, 0.2) is 22.8 Å². The lowest BCUT2D eigenvalue weighted by Gasteiger charge is -2.38. The summed E-state index contributed by atoms with van der Waals surface area (Å²) in [4.78, 5) is 20.7. The summed E-state index contributed by atoms with van der Waals surface area (Å²) < 4.78 is 1.00. The Morgan fingerprint density at radius 3 is 3.00 bits per heavy atom. The fourth-order valence-corrected chi connectivity index (χ4v) is 3.72. The number of carbonyl (C=O) groups is 1. The highest BCUT2D eigenvalue weighted by atomic mass is 79.9. The minimum atomic E-state index is 0.0666. The first kappa shape index (κ1) is 13.7. The van der Waals surface area contributed by atoms with Gasteiger partial charge in [0.05, 0.1) is 16.6 Å². The molecule has 1 aromatic rings. The number of aromatic nitrogens is 1. The zero-order chi connectivity index (χ0) is 14.3. The third-order valence-corrected chi connectivity index (χ3v) is 4.69. The highest BCUT2D eigenvalue weighted by Gasteiger charge is 2.43. The second-order valence-corrected chi connectivity index (χ2v) is 6.52. The molecule has 2 saturated heterocycles. The number of pyridine rings is 1. The lowest BCUT2D eigenvalue weighted by Crippen LogP contribution is -2.52. The number of anilines is 1. The Kier molecular flexibility index (Phi) is 3.58. The smallest absolute Gasteiger partial charge is 0.318 e. The number of halogens is 1. The normalized spacial score (nSPS) is 25.9. The van der Waals surface area contributed by atoms with Gasteiger partial charge in [-0.3, -0.25) is 0 Å². The van der Waals surface area contributed by atoms with E-state index < -0.39 is 0 Å². The Hall–Kier alpha value is -1.30. The Morgan fingerprint density at radius 1 is 1.50 bits per heavy atom. The molecular weight excluding hydrogens is 320 g/mol. The molecule has 0 unspecified atom stereocenters. The fraction of sp³-hybridized carbons (Fsp3) is 0.571. The van der Waals surface area contributed by atoms with Crippen molar-refractivity contribution in [2.24, 2.45) is 0 Å². The summed E-state index contributed by atoms with van der Waals surface area (Å²) in [6.07, 6.45) is 2.78. The van der Waals surface area contributed by atoms with E-state index in [0.29, 0.717) is 6.04 Å². The molecule has 2 fully saturated rings. The molecule has 20 heavy (non-hydrogen) atoms. The molecule has 0 saturated carbocycles. The Morgan fingerprint density at radius 2 is 2.30 bits per heavy atom. The fourth-order valence-electron chi connectivity index (χ4n) is 3.22. The van der Waals surface area contributed by atoms with Crippen molar-refractivity contribution in [1.82, 2.24) is 15.2 Å². The van der Waals surface area contributed by atoms with Crippen LogP contribution >= 0.6 is 15.9 Å². The van der Waals surface area contributed by atoms with Crippen LogP contribution in [0, 0.1) is 0 Å². The van der Waals surface area contributed by atoms with E-state index in [2.05, 4.69) is 45.0 Å². The molecule has 108 valence electrons. The highest BCUT2D eigenvalue weighted by Crippen LogP contribution is 2.30. The lowest BCUT2D eigenvalue weighted by atomic mass is 9.99. The van der Waals surface area contributed by atoms with Gasteiger partial charge in [-0.25, -0.2) is 9.78 Å². The van der Waals surface area contributed by atoms with Gasteiger partial charge >= 0.3 is 6.03 Å². The average molecular weight is 339 g/mol. The van der Waals surface area contributed by atoms with Crippen LogP contribution in [-0.2, 0) is 0 Å². The quantitative estimate of drug-likeness (QED) is 0.899. The number of rotatable bonds is 2. The number of fused-ring (bicyclic) bond motifs is 1. The number of nitrogens with zero attached hydrogens (tertiary/aromatic N) is 3. The molecule has 3 heterocycles. The summed E-state index contributed by atoms with van der Waals surface area (Å²) in [5.74, 6) is 0.961. The molecule has 0 aliphatic carbocycles. The van der Waals surface area contributed by atoms with Crippen molar-refractivity contribution in [3.8, 4) is 0 Å². The molecule has 2 atom stereocenters. The molecule has 0 spiro atoms. The van der Waals surface area contributed by atoms with E-state index in [4.69, 9.17) is 0 Å². The second-order valence-electron chi connectivity index (χ2n) is 5.67. The number of urea groups is 1. The van der Waals surface area contributed by atoms with Gasteiger partial charge in [0.25, 0.3) is 0 Å². The van der Waals surface area contributed by atoms with Crippen molar-refractivity contribution >= 4 is 27.8 Å². The van der Waals surface area contributed by atoms with E-state index in [1.165, 1.54) is 0 Å². The molecule has 0 radical (unpaired) electrons. The van der Waals surface area contributed by atoms with Crippen LogP contribution in [0.5, 0.6) is 0 Å². The van der Waals surface area contributed by atoms with Gasteiger partial charge in [-0.05, 0) is 48.3 Å². The van der Waals surface area contributed by atoms with Crippen LogP contribution in [0.3, 0.4) is 0 Å². The van der Waals surface area contributed by atoms with Crippen LogP contribution in [0.25, 0.3) is 0 Å². The van der Waals surface area contributed by atoms with Crippen molar-refractivity contribution in [3.05, 3.63) is 22.8 Å². The topological polar surface area (TPSA) is 48.5 Å². The van der Waals surface area contributed by atoms with E-state index >= 15 is 0 Å². The summed E-state index contributed by atoms with van der Waals surface area (Å²) in [5.41, 5.74) is 0. The van der Waals surface area contributed by atoms with Crippen LogP contribution in [0.4, 0.5) is 10.6 Å². The molecule has 5 nitrogen and oxygen atoms in total. The summed E-state index contributed by atoms with van der Waals surface area (Å²) in [7, 11) is 0. The first-order chi connectivity index (χ1) is 9.58. The standard InChI is InChI=1S/C14H19BrN4O/c1-9(2)19-12-5-7-18(8-11(12)17-14(19)20)13-10(15)4-3-6-16-13/h3-4,6,9,11-12H,5,7-8H2,1-2H3,(H,17,20)/t11-,12+/m1/s1. The predicted octanol–water partition coefficient (Wildman–Crippen LogP) is 2.22. The zero-order valence-corrected chi connectivity index (χ0v) is 13.3. The van der Waals surface area contributed by atoms with Gasteiger partial charge in [-0.15, -0.1) is 0 Å². The maximum atomic E-state index is 12.1. The van der Waals surface area contributed by atoms with Crippen molar-refractivity contribution < 1.29 is 4.79 Å². The third-order valence-electron chi connectivity index (χ3n) is 4.07. The molecule has 2 aliphatic heterocycles. The minimum Gasteiger partial charge on any atom is -0.353 e. The monoisotopic (exact) mass is 338 g/mol. The zero-order valence-electron chi connectivity index (χ0n) is 11.7. The van der Waals surface area contributed by atoms with Crippen LogP contribution < -0.4 is 10.2 Å². The molecule has 3 rings (SSSR count). The molecular formula is C14H19BrN4O. The molecule has 1 aromatic heterocycles. The lowest BCUT2D eigenvalue weighted by molar-refractivity contribution is 0.175. The van der Waals surface area contributed by atoms with E-state index in [9.17, 15) is 4.79 Å². The van der Waals surface area contributed by atoms with E-state index in [-0.39, 0.29) is 18.1 Å². The number of nitrogens with one attached hydrogen (secondary N) is 1. The van der Waals surface area contributed by atoms with Gasteiger partial charge in [-0.2, -0.15) is 0 Å². The molecule has 1 N–H and O–H groups in total. The number of amides is 2. The molecule has 2 aliphatic rings. The van der Waals surface area contributed by atoms with Gasteiger partial charge in [-0.1, -0.05) is 0 Å². The number of carbonyl (C=O) groups excluding carboxylic acids is 1. The minimum absolute atomic E-state index is 0.0666. The van der Waals surface area contributed by atoms with Crippen LogP contribution in [0.2, 0.25) is 0 Å². The largest absolute Gasteiger partial charge is 0.353 e.